The van der Waals surface area contributed by atoms with Gasteiger partial charge >= 0.3 is 5.97 Å². The maximum Gasteiger partial charge on any atom is 0.326 e. The fraction of sp³-hybridized carbons (Fsp3) is 0.414. The monoisotopic (exact) mass is 565 g/mol. The molecule has 0 radical (unpaired) electrons. The van der Waals surface area contributed by atoms with Crippen LogP contribution in [0.1, 0.15) is 36.8 Å². The van der Waals surface area contributed by atoms with Gasteiger partial charge in [0.1, 0.15) is 18.1 Å². The van der Waals surface area contributed by atoms with Crippen LogP contribution in [-0.4, -0.2) is 76.9 Å². The van der Waals surface area contributed by atoms with E-state index in [4.69, 9.17) is 17.2 Å². The number of nitrogens with two attached hydrogens (primary N) is 3. The summed E-state index contributed by atoms with van der Waals surface area (Å²) in [6, 6.07) is 14.6. The molecule has 0 bridgehead atoms. The van der Waals surface area contributed by atoms with Crippen molar-refractivity contribution in [1.29, 1.82) is 0 Å². The number of nitrogens with one attached hydrogen (secondary N) is 2. The molecule has 1 heterocycles. The Bertz CT molecular complexity index is 1200. The average Bonchev–Trinajstić information content (AvgIpc) is 3.45. The van der Waals surface area contributed by atoms with Gasteiger partial charge in [0, 0.05) is 19.5 Å². The lowest BCUT2D eigenvalue weighted by molar-refractivity contribution is -0.143. The zero-order valence-corrected chi connectivity index (χ0v) is 22.9. The summed E-state index contributed by atoms with van der Waals surface area (Å²) in [5, 5.41) is 15.0. The van der Waals surface area contributed by atoms with E-state index in [9.17, 15) is 24.3 Å². The second kappa shape index (κ2) is 15.4. The molecule has 1 aliphatic rings. The lowest BCUT2D eigenvalue weighted by Gasteiger charge is -2.29. The van der Waals surface area contributed by atoms with E-state index in [-0.39, 0.29) is 31.3 Å². The predicted octanol–water partition coefficient (Wildman–Crippen LogP) is -0.102. The number of guanidine groups is 1. The van der Waals surface area contributed by atoms with Crippen LogP contribution in [0.25, 0.3) is 0 Å². The Labute approximate surface area is 239 Å². The largest absolute Gasteiger partial charge is 0.480 e. The fourth-order valence-corrected chi connectivity index (χ4v) is 4.83. The number of rotatable bonds is 14. The standard InChI is InChI=1S/C29H39N7O5/c30-21(17-19-9-3-1-4-10-19)27(39)36-16-8-14-24(36)26(38)35-23(18-20-11-5-2-6-12-20)25(37)34-22(28(40)41)13-7-15-33-29(31)32/h1-6,9-12,21-24H,7-8,13-18,30H2,(H,34,37)(H,35,38)(H,40,41)(H4,31,32,33). The zero-order valence-electron chi connectivity index (χ0n) is 22.9. The van der Waals surface area contributed by atoms with Crippen molar-refractivity contribution >= 4 is 29.7 Å². The van der Waals surface area contributed by atoms with Gasteiger partial charge in [-0.2, -0.15) is 0 Å². The minimum Gasteiger partial charge on any atom is -0.480 e. The molecule has 41 heavy (non-hydrogen) atoms. The van der Waals surface area contributed by atoms with Gasteiger partial charge in [-0.1, -0.05) is 60.7 Å². The van der Waals surface area contributed by atoms with Crippen molar-refractivity contribution in [2.45, 2.75) is 62.7 Å². The zero-order chi connectivity index (χ0) is 29.8. The molecular weight excluding hydrogens is 526 g/mol. The second-order valence-corrected chi connectivity index (χ2v) is 10.1. The maximum atomic E-state index is 13.5. The Morgan fingerprint density at radius 3 is 2.12 bits per heavy atom. The Kier molecular flexibility index (Phi) is 11.6. The van der Waals surface area contributed by atoms with Gasteiger partial charge in [-0.3, -0.25) is 19.4 Å². The molecule has 4 atom stereocenters. The Morgan fingerprint density at radius 2 is 1.54 bits per heavy atom. The average molecular weight is 566 g/mol. The number of carbonyl (C=O) groups excluding carboxylic acids is 3. The molecule has 0 spiro atoms. The lowest BCUT2D eigenvalue weighted by atomic mass is 10.0. The molecule has 12 nitrogen and oxygen atoms in total. The number of aliphatic imine (C=N–C) groups is 1. The van der Waals surface area contributed by atoms with Crippen molar-refractivity contribution in [1.82, 2.24) is 15.5 Å². The first kappa shape index (κ1) is 31.1. The highest BCUT2D eigenvalue weighted by atomic mass is 16.4. The second-order valence-electron chi connectivity index (χ2n) is 10.1. The van der Waals surface area contributed by atoms with Crippen molar-refractivity contribution in [2.75, 3.05) is 13.1 Å². The Balaban J connectivity index is 1.70. The van der Waals surface area contributed by atoms with Crippen LogP contribution in [0, 0.1) is 0 Å². The summed E-state index contributed by atoms with van der Waals surface area (Å²) in [7, 11) is 0. The van der Waals surface area contributed by atoms with Crippen LogP contribution in [0.15, 0.2) is 65.7 Å². The quantitative estimate of drug-likeness (QED) is 0.103. The molecule has 0 saturated carbocycles. The van der Waals surface area contributed by atoms with E-state index in [2.05, 4.69) is 15.6 Å². The Morgan fingerprint density at radius 1 is 0.927 bits per heavy atom. The highest BCUT2D eigenvalue weighted by Gasteiger charge is 2.38. The summed E-state index contributed by atoms with van der Waals surface area (Å²) in [6.07, 6.45) is 1.93. The molecule has 2 aromatic carbocycles. The van der Waals surface area contributed by atoms with Crippen molar-refractivity contribution in [3.8, 4) is 0 Å². The molecule has 0 aliphatic carbocycles. The number of amides is 3. The fourth-order valence-electron chi connectivity index (χ4n) is 4.83. The molecule has 2 aromatic rings. The van der Waals surface area contributed by atoms with Crippen LogP contribution in [-0.2, 0) is 32.0 Å². The van der Waals surface area contributed by atoms with Crippen LogP contribution in [0.5, 0.6) is 0 Å². The van der Waals surface area contributed by atoms with Crippen LogP contribution in [0.4, 0.5) is 0 Å². The number of likely N-dealkylation sites (tertiary alicyclic amines) is 1. The van der Waals surface area contributed by atoms with Crippen molar-refractivity contribution in [3.63, 3.8) is 0 Å². The van der Waals surface area contributed by atoms with Gasteiger partial charge in [0.25, 0.3) is 0 Å². The number of nitrogens with zero attached hydrogens (tertiary/aromatic N) is 2. The van der Waals surface area contributed by atoms with E-state index in [0.717, 1.165) is 11.1 Å². The van der Waals surface area contributed by atoms with E-state index in [0.29, 0.717) is 32.2 Å². The van der Waals surface area contributed by atoms with E-state index in [1.807, 2.05) is 48.5 Å². The molecule has 3 rings (SSSR count). The SMILES string of the molecule is NC(N)=NCCCC(NC(=O)C(Cc1ccccc1)NC(=O)C1CCCN1C(=O)C(N)Cc1ccccc1)C(=O)O. The predicted molar refractivity (Wildman–Crippen MR) is 154 cm³/mol. The summed E-state index contributed by atoms with van der Waals surface area (Å²) in [5.74, 6) is -2.78. The van der Waals surface area contributed by atoms with Crippen LogP contribution >= 0.6 is 0 Å². The molecule has 1 aliphatic heterocycles. The van der Waals surface area contributed by atoms with Crippen LogP contribution < -0.4 is 27.8 Å². The summed E-state index contributed by atoms with van der Waals surface area (Å²) >= 11 is 0. The minimum atomic E-state index is -1.21. The number of hydrogen-bond acceptors (Lipinski definition) is 6. The third-order valence-electron chi connectivity index (χ3n) is 6.93. The number of carbonyl (C=O) groups is 4. The van der Waals surface area contributed by atoms with E-state index >= 15 is 0 Å². The van der Waals surface area contributed by atoms with Gasteiger partial charge in [-0.05, 0) is 43.2 Å². The van der Waals surface area contributed by atoms with Gasteiger partial charge in [-0.25, -0.2) is 4.79 Å². The molecule has 1 saturated heterocycles. The summed E-state index contributed by atoms with van der Waals surface area (Å²) in [4.78, 5) is 57.2. The molecule has 1 fully saturated rings. The van der Waals surface area contributed by atoms with Crippen molar-refractivity contribution in [2.24, 2.45) is 22.2 Å². The number of hydrogen-bond donors (Lipinski definition) is 6. The first-order valence-corrected chi connectivity index (χ1v) is 13.7. The number of carboxylic acid groups (broad SMARTS) is 1. The van der Waals surface area contributed by atoms with Gasteiger partial charge in [-0.15, -0.1) is 0 Å². The molecular formula is C29H39N7O5. The molecule has 220 valence electrons. The van der Waals surface area contributed by atoms with E-state index in [1.54, 1.807) is 12.1 Å². The van der Waals surface area contributed by atoms with Crippen LogP contribution in [0.2, 0.25) is 0 Å². The van der Waals surface area contributed by atoms with E-state index < -0.39 is 42.0 Å². The molecule has 12 heteroatoms. The molecule has 9 N–H and O–H groups in total. The van der Waals surface area contributed by atoms with Gasteiger partial charge in [0.2, 0.25) is 17.7 Å². The summed E-state index contributed by atoms with van der Waals surface area (Å²) in [6.45, 7) is 0.593. The maximum absolute atomic E-state index is 13.5. The number of benzene rings is 2. The highest BCUT2D eigenvalue weighted by molar-refractivity contribution is 5.94. The Hall–Kier alpha value is -4.45. The first-order chi connectivity index (χ1) is 19.7. The number of carboxylic acids is 1. The highest BCUT2D eigenvalue weighted by Crippen LogP contribution is 2.20. The third kappa shape index (κ3) is 9.60. The smallest absolute Gasteiger partial charge is 0.326 e. The first-order valence-electron chi connectivity index (χ1n) is 13.7. The van der Waals surface area contributed by atoms with Gasteiger partial charge < -0.3 is 37.8 Å². The normalized spacial score (nSPS) is 16.7. The molecule has 0 aromatic heterocycles. The van der Waals surface area contributed by atoms with Gasteiger partial charge in [0.05, 0.1) is 6.04 Å². The third-order valence-corrected chi connectivity index (χ3v) is 6.93. The molecule has 4 unspecified atom stereocenters. The van der Waals surface area contributed by atoms with Gasteiger partial charge in [0.15, 0.2) is 5.96 Å². The van der Waals surface area contributed by atoms with E-state index in [1.165, 1.54) is 4.90 Å². The summed E-state index contributed by atoms with van der Waals surface area (Å²) in [5.41, 5.74) is 18.5. The number of aliphatic carboxylic acids is 1. The lowest BCUT2D eigenvalue weighted by Crippen LogP contribution is -2.57. The van der Waals surface area contributed by atoms with Crippen molar-refractivity contribution in [3.05, 3.63) is 71.8 Å². The minimum absolute atomic E-state index is 0.0913. The molecule has 3 amide bonds. The van der Waals surface area contributed by atoms with Crippen molar-refractivity contribution < 1.29 is 24.3 Å². The van der Waals surface area contributed by atoms with Crippen LogP contribution in [0.3, 0.4) is 0 Å². The summed E-state index contributed by atoms with van der Waals surface area (Å²) < 4.78 is 0. The topological polar surface area (TPSA) is 206 Å².